The monoisotopic (exact) mass is 460 g/mol. The fraction of sp³-hybridized carbons (Fsp3) is 0.185. The van der Waals surface area contributed by atoms with Crippen molar-refractivity contribution in [3.8, 4) is 28.6 Å². The molecule has 0 atom stereocenters. The number of carbonyl (C=O) groups is 1. The van der Waals surface area contributed by atoms with Crippen molar-refractivity contribution in [2.24, 2.45) is 0 Å². The second kappa shape index (κ2) is 10.1. The summed E-state index contributed by atoms with van der Waals surface area (Å²) in [5.74, 6) is 0.475. The van der Waals surface area contributed by atoms with E-state index in [1.165, 1.54) is 14.2 Å². The lowest BCUT2D eigenvalue weighted by molar-refractivity contribution is -0.147. The molecule has 0 aliphatic rings. The Kier molecular flexibility index (Phi) is 6.82. The van der Waals surface area contributed by atoms with Gasteiger partial charge in [-0.1, -0.05) is 36.4 Å². The quantitative estimate of drug-likeness (QED) is 0.346. The van der Waals surface area contributed by atoms with Gasteiger partial charge in [-0.05, 0) is 48.4 Å². The van der Waals surface area contributed by atoms with Crippen molar-refractivity contribution in [2.45, 2.75) is 13.5 Å². The average molecular weight is 460 g/mol. The van der Waals surface area contributed by atoms with Crippen molar-refractivity contribution in [2.75, 3.05) is 20.8 Å². The molecule has 4 rings (SSSR count). The smallest absolute Gasteiger partial charge is 0.344 e. The van der Waals surface area contributed by atoms with Gasteiger partial charge in [-0.25, -0.2) is 4.79 Å². The van der Waals surface area contributed by atoms with Crippen LogP contribution in [0.2, 0.25) is 0 Å². The molecule has 1 aromatic heterocycles. The number of hydrogen-bond acceptors (Lipinski definition) is 7. The predicted octanol–water partition coefficient (Wildman–Crippen LogP) is 4.91. The standard InChI is InChI=1S/C27H24O7/c1-17-9-11-20-22(13-17)34-26(19-10-12-21(30-2)23(14-19)31-3)27(25(20)29)33-16-24(28)32-15-18-7-5-4-6-8-18/h4-14H,15-16H2,1-3H3. The molecule has 7 heteroatoms. The number of methoxy groups -OCH3 is 2. The highest BCUT2D eigenvalue weighted by atomic mass is 16.6. The van der Waals surface area contributed by atoms with Crippen LogP contribution >= 0.6 is 0 Å². The minimum absolute atomic E-state index is 0.0831. The molecule has 0 radical (unpaired) electrons. The van der Waals surface area contributed by atoms with Crippen LogP contribution in [0.25, 0.3) is 22.3 Å². The molecule has 0 saturated carbocycles. The summed E-state index contributed by atoms with van der Waals surface area (Å²) < 4.78 is 27.7. The number of ether oxygens (including phenoxy) is 4. The third-order valence-corrected chi connectivity index (χ3v) is 5.23. The van der Waals surface area contributed by atoms with Gasteiger partial charge in [0.1, 0.15) is 12.2 Å². The van der Waals surface area contributed by atoms with Gasteiger partial charge in [-0.3, -0.25) is 4.79 Å². The van der Waals surface area contributed by atoms with E-state index in [1.54, 1.807) is 30.3 Å². The van der Waals surface area contributed by atoms with Crippen LogP contribution in [-0.4, -0.2) is 26.8 Å². The van der Waals surface area contributed by atoms with Gasteiger partial charge >= 0.3 is 5.97 Å². The van der Waals surface area contributed by atoms with Crippen molar-refractivity contribution in [1.82, 2.24) is 0 Å². The van der Waals surface area contributed by atoms with E-state index in [0.717, 1.165) is 11.1 Å². The van der Waals surface area contributed by atoms with E-state index in [0.29, 0.717) is 28.0 Å². The first-order valence-corrected chi connectivity index (χ1v) is 10.6. The van der Waals surface area contributed by atoms with Gasteiger partial charge in [0.05, 0.1) is 19.6 Å². The molecule has 0 aliphatic heterocycles. The number of benzene rings is 3. The Morgan fingerprint density at radius 1 is 0.912 bits per heavy atom. The van der Waals surface area contributed by atoms with Gasteiger partial charge in [0.2, 0.25) is 11.2 Å². The summed E-state index contributed by atoms with van der Waals surface area (Å²) in [5, 5.41) is 0.350. The number of hydrogen-bond donors (Lipinski definition) is 0. The Hall–Kier alpha value is -4.26. The number of rotatable bonds is 8. The normalized spacial score (nSPS) is 10.7. The molecular weight excluding hydrogens is 436 g/mol. The van der Waals surface area contributed by atoms with Crippen molar-refractivity contribution in [3.05, 3.63) is 88.1 Å². The Morgan fingerprint density at radius 2 is 1.68 bits per heavy atom. The first-order valence-electron chi connectivity index (χ1n) is 10.6. The lowest BCUT2D eigenvalue weighted by Gasteiger charge is -2.14. The fourth-order valence-corrected chi connectivity index (χ4v) is 3.49. The van der Waals surface area contributed by atoms with Crippen LogP contribution in [0.1, 0.15) is 11.1 Å². The van der Waals surface area contributed by atoms with Gasteiger partial charge in [-0.2, -0.15) is 0 Å². The van der Waals surface area contributed by atoms with E-state index >= 15 is 0 Å². The molecule has 4 aromatic rings. The van der Waals surface area contributed by atoms with Crippen molar-refractivity contribution in [1.29, 1.82) is 0 Å². The van der Waals surface area contributed by atoms with Crippen LogP contribution in [0.15, 0.2) is 75.9 Å². The average Bonchev–Trinajstić information content (AvgIpc) is 2.86. The molecule has 3 aromatic carbocycles. The maximum atomic E-state index is 13.3. The summed E-state index contributed by atoms with van der Waals surface area (Å²) in [6.07, 6.45) is 0. The summed E-state index contributed by atoms with van der Waals surface area (Å²) >= 11 is 0. The van der Waals surface area contributed by atoms with E-state index in [9.17, 15) is 9.59 Å². The molecule has 174 valence electrons. The van der Waals surface area contributed by atoms with Crippen LogP contribution in [0.5, 0.6) is 17.2 Å². The minimum Gasteiger partial charge on any atom is -0.493 e. The highest BCUT2D eigenvalue weighted by molar-refractivity contribution is 5.83. The van der Waals surface area contributed by atoms with Gasteiger partial charge in [-0.15, -0.1) is 0 Å². The number of carbonyl (C=O) groups excluding carboxylic acids is 1. The molecule has 0 unspecified atom stereocenters. The number of fused-ring (bicyclic) bond motifs is 1. The first kappa shape index (κ1) is 22.9. The molecule has 34 heavy (non-hydrogen) atoms. The van der Waals surface area contributed by atoms with Crippen molar-refractivity contribution >= 4 is 16.9 Å². The molecular formula is C27H24O7. The Balaban J connectivity index is 1.68. The molecule has 0 spiro atoms. The predicted molar refractivity (Wildman–Crippen MR) is 127 cm³/mol. The second-order valence-corrected chi connectivity index (χ2v) is 7.59. The summed E-state index contributed by atoms with van der Waals surface area (Å²) in [6, 6.07) is 19.7. The lowest BCUT2D eigenvalue weighted by Crippen LogP contribution is -2.19. The van der Waals surface area contributed by atoms with Crippen LogP contribution < -0.4 is 19.6 Å². The number of aryl methyl sites for hydroxylation is 1. The molecule has 0 fully saturated rings. The summed E-state index contributed by atoms with van der Waals surface area (Å²) in [7, 11) is 3.05. The zero-order valence-electron chi connectivity index (χ0n) is 19.1. The highest BCUT2D eigenvalue weighted by Gasteiger charge is 2.21. The Morgan fingerprint density at radius 3 is 2.41 bits per heavy atom. The summed E-state index contributed by atoms with van der Waals surface area (Å²) in [5.41, 5.74) is 2.34. The summed E-state index contributed by atoms with van der Waals surface area (Å²) in [4.78, 5) is 25.6. The van der Waals surface area contributed by atoms with E-state index < -0.39 is 12.6 Å². The van der Waals surface area contributed by atoms with Gasteiger partial charge in [0, 0.05) is 5.56 Å². The molecule has 1 heterocycles. The fourth-order valence-electron chi connectivity index (χ4n) is 3.49. The van der Waals surface area contributed by atoms with E-state index in [1.807, 2.05) is 43.3 Å². The molecule has 0 N–H and O–H groups in total. The Bertz CT molecular complexity index is 1370. The maximum Gasteiger partial charge on any atom is 0.344 e. The van der Waals surface area contributed by atoms with Gasteiger partial charge < -0.3 is 23.4 Å². The second-order valence-electron chi connectivity index (χ2n) is 7.59. The number of esters is 1. The molecule has 0 amide bonds. The summed E-state index contributed by atoms with van der Waals surface area (Å²) in [6.45, 7) is 1.56. The van der Waals surface area contributed by atoms with E-state index in [4.69, 9.17) is 23.4 Å². The van der Waals surface area contributed by atoms with Crippen molar-refractivity contribution < 1.29 is 28.2 Å². The van der Waals surface area contributed by atoms with Gasteiger partial charge in [0.25, 0.3) is 0 Å². The maximum absolute atomic E-state index is 13.3. The van der Waals surface area contributed by atoms with Crippen LogP contribution in [0, 0.1) is 6.92 Å². The van der Waals surface area contributed by atoms with E-state index in [2.05, 4.69) is 0 Å². The molecule has 0 bridgehead atoms. The zero-order valence-corrected chi connectivity index (χ0v) is 19.1. The highest BCUT2D eigenvalue weighted by Crippen LogP contribution is 2.36. The van der Waals surface area contributed by atoms with Crippen LogP contribution in [0.4, 0.5) is 0 Å². The first-order chi connectivity index (χ1) is 16.5. The SMILES string of the molecule is COc1ccc(-c2oc3cc(C)ccc3c(=O)c2OCC(=O)OCc2ccccc2)cc1OC. The Labute approximate surface area is 196 Å². The lowest BCUT2D eigenvalue weighted by atomic mass is 10.1. The zero-order chi connectivity index (χ0) is 24.1. The molecule has 7 nitrogen and oxygen atoms in total. The van der Waals surface area contributed by atoms with Crippen molar-refractivity contribution in [3.63, 3.8) is 0 Å². The van der Waals surface area contributed by atoms with E-state index in [-0.39, 0.29) is 23.5 Å². The van der Waals surface area contributed by atoms with Gasteiger partial charge in [0.15, 0.2) is 23.9 Å². The van der Waals surface area contributed by atoms with Crippen LogP contribution in [0.3, 0.4) is 0 Å². The largest absolute Gasteiger partial charge is 0.493 e. The van der Waals surface area contributed by atoms with Crippen LogP contribution in [-0.2, 0) is 16.1 Å². The molecule has 0 saturated heterocycles. The third kappa shape index (κ3) is 4.88. The molecule has 0 aliphatic carbocycles. The minimum atomic E-state index is -0.606. The third-order valence-electron chi connectivity index (χ3n) is 5.23. The topological polar surface area (TPSA) is 84.2 Å².